The van der Waals surface area contributed by atoms with Crippen molar-refractivity contribution in [1.82, 2.24) is 4.72 Å². The summed E-state index contributed by atoms with van der Waals surface area (Å²) in [5.74, 6) is 0.790. The van der Waals surface area contributed by atoms with Gasteiger partial charge >= 0.3 is 0 Å². The fraction of sp³-hybridized carbons (Fsp3) is 0.684. The summed E-state index contributed by atoms with van der Waals surface area (Å²) >= 11 is 0. The molecule has 0 aliphatic carbocycles. The van der Waals surface area contributed by atoms with E-state index in [1.54, 1.807) is 7.11 Å². The van der Waals surface area contributed by atoms with Crippen LogP contribution in [0.15, 0.2) is 24.3 Å². The Hall–Kier alpha value is -0.693. The monoisotopic (exact) mass is 385 g/mol. The van der Waals surface area contributed by atoms with E-state index >= 15 is 0 Å². The highest BCUT2D eigenvalue weighted by molar-refractivity contribution is 7.84. The van der Waals surface area contributed by atoms with Crippen LogP contribution in [0.5, 0.6) is 5.75 Å². The van der Waals surface area contributed by atoms with Crippen LogP contribution in [0.25, 0.3) is 0 Å². The van der Waals surface area contributed by atoms with Gasteiger partial charge in [-0.1, -0.05) is 32.9 Å². The average molecular weight is 386 g/mol. The lowest BCUT2D eigenvalue weighted by Gasteiger charge is -2.37. The zero-order valence-corrected chi connectivity index (χ0v) is 19.0. The van der Waals surface area contributed by atoms with Gasteiger partial charge in [-0.05, 0) is 56.6 Å². The highest BCUT2D eigenvalue weighted by Crippen LogP contribution is 2.37. The van der Waals surface area contributed by atoms with Crippen LogP contribution in [0.2, 0.25) is 18.1 Å². The number of ether oxygens (including phenoxy) is 1. The van der Waals surface area contributed by atoms with Crippen LogP contribution in [-0.4, -0.2) is 31.0 Å². The topological polar surface area (TPSA) is 47.6 Å². The van der Waals surface area contributed by atoms with E-state index in [9.17, 15) is 4.21 Å². The maximum atomic E-state index is 12.6. The molecule has 2 atom stereocenters. The van der Waals surface area contributed by atoms with Gasteiger partial charge < -0.3 is 9.16 Å². The molecule has 0 bridgehead atoms. The molecule has 25 heavy (non-hydrogen) atoms. The number of hydrogen-bond donors (Lipinski definition) is 1. The fourth-order valence-electron chi connectivity index (χ4n) is 1.87. The van der Waals surface area contributed by atoms with Crippen LogP contribution >= 0.6 is 0 Å². The summed E-state index contributed by atoms with van der Waals surface area (Å²) in [5, 5.41) is 0.134. The first-order valence-corrected chi connectivity index (χ1v) is 12.8. The van der Waals surface area contributed by atoms with Gasteiger partial charge in [0.1, 0.15) is 5.75 Å². The van der Waals surface area contributed by atoms with Crippen molar-refractivity contribution < 1.29 is 13.4 Å². The van der Waals surface area contributed by atoms with E-state index < -0.39 is 19.3 Å². The third kappa shape index (κ3) is 6.51. The molecule has 1 rings (SSSR count). The minimum atomic E-state index is -1.89. The molecular weight excluding hydrogens is 350 g/mol. The predicted octanol–water partition coefficient (Wildman–Crippen LogP) is 4.81. The van der Waals surface area contributed by atoms with Gasteiger partial charge in [0.15, 0.2) is 8.32 Å². The molecule has 0 radical (unpaired) electrons. The average Bonchev–Trinajstić information content (AvgIpc) is 2.49. The van der Waals surface area contributed by atoms with Crippen molar-refractivity contribution in [2.75, 3.05) is 13.7 Å². The van der Waals surface area contributed by atoms with Gasteiger partial charge in [0, 0.05) is 0 Å². The van der Waals surface area contributed by atoms with Crippen molar-refractivity contribution >= 4 is 19.3 Å². The molecule has 6 heteroatoms. The van der Waals surface area contributed by atoms with Crippen molar-refractivity contribution in [3.05, 3.63) is 29.8 Å². The Morgan fingerprint density at radius 1 is 1.16 bits per heavy atom. The summed E-state index contributed by atoms with van der Waals surface area (Å²) in [4.78, 5) is 0. The summed E-state index contributed by atoms with van der Waals surface area (Å²) in [6.07, 6.45) is 0. The van der Waals surface area contributed by atoms with Crippen LogP contribution in [0, 0.1) is 0 Å². The molecule has 0 amide bonds. The first kappa shape index (κ1) is 22.3. The number of methoxy groups -OCH3 is 1. The summed E-state index contributed by atoms with van der Waals surface area (Å²) in [5.41, 5.74) is 1.02. The molecule has 0 unspecified atom stereocenters. The number of benzene rings is 1. The molecule has 0 aromatic heterocycles. The van der Waals surface area contributed by atoms with Gasteiger partial charge in [-0.25, -0.2) is 8.93 Å². The van der Waals surface area contributed by atoms with Gasteiger partial charge in [0.25, 0.3) is 0 Å². The van der Waals surface area contributed by atoms with Crippen LogP contribution in [0.4, 0.5) is 0 Å². The van der Waals surface area contributed by atoms with Gasteiger partial charge in [-0.2, -0.15) is 0 Å². The van der Waals surface area contributed by atoms with E-state index in [1.807, 2.05) is 45.0 Å². The largest absolute Gasteiger partial charge is 0.497 e. The van der Waals surface area contributed by atoms with Crippen molar-refractivity contribution in [3.8, 4) is 5.75 Å². The van der Waals surface area contributed by atoms with Crippen LogP contribution in [0.3, 0.4) is 0 Å². The van der Waals surface area contributed by atoms with Gasteiger partial charge in [0.2, 0.25) is 0 Å². The molecule has 0 heterocycles. The standard InChI is InChI=1S/C19H35NO3SSi/c1-18(2,3)24(21)20-17(14-23-25(8,9)19(4,5)6)15-11-10-12-16(13-15)22-7/h10-13,17,20H,14H2,1-9H3/t17-,24-/m1/s1. The first-order valence-electron chi connectivity index (χ1n) is 8.74. The van der Waals surface area contributed by atoms with Crippen molar-refractivity contribution in [3.63, 3.8) is 0 Å². The maximum Gasteiger partial charge on any atom is 0.192 e. The van der Waals surface area contributed by atoms with Gasteiger partial charge in [0.05, 0.1) is 35.5 Å². The molecule has 1 aromatic carbocycles. The highest BCUT2D eigenvalue weighted by Gasteiger charge is 2.38. The summed E-state index contributed by atoms with van der Waals surface area (Å²) in [6.45, 7) is 17.5. The minimum absolute atomic E-state index is 0.134. The molecule has 1 N–H and O–H groups in total. The van der Waals surface area contributed by atoms with Gasteiger partial charge in [-0.3, -0.25) is 0 Å². The molecule has 4 nitrogen and oxygen atoms in total. The molecule has 0 aliphatic heterocycles. The van der Waals surface area contributed by atoms with E-state index in [1.165, 1.54) is 0 Å². The van der Waals surface area contributed by atoms with E-state index in [0.29, 0.717) is 6.61 Å². The van der Waals surface area contributed by atoms with Crippen molar-refractivity contribution in [2.45, 2.75) is 70.5 Å². The molecule has 0 fully saturated rings. The Kier molecular flexibility index (Phi) is 7.45. The quantitative estimate of drug-likeness (QED) is 0.685. The van der Waals surface area contributed by atoms with Crippen LogP contribution in [0.1, 0.15) is 53.1 Å². The molecule has 0 saturated heterocycles. The number of nitrogens with one attached hydrogen (secondary N) is 1. The number of hydrogen-bond acceptors (Lipinski definition) is 3. The van der Waals surface area contributed by atoms with Crippen LogP contribution < -0.4 is 9.46 Å². The zero-order valence-electron chi connectivity index (χ0n) is 17.2. The normalized spacial score (nSPS) is 15.7. The van der Waals surface area contributed by atoms with Crippen molar-refractivity contribution in [2.24, 2.45) is 0 Å². The summed E-state index contributed by atoms with van der Waals surface area (Å²) in [7, 11) is -1.42. The SMILES string of the molecule is COc1cccc([C@@H](CO[Si](C)(C)C(C)(C)C)N[S@](=O)C(C)(C)C)c1. The molecule has 0 saturated carbocycles. The summed E-state index contributed by atoms with van der Waals surface area (Å²) in [6, 6.07) is 7.72. The van der Waals surface area contributed by atoms with E-state index in [-0.39, 0.29) is 15.8 Å². The van der Waals surface area contributed by atoms with E-state index in [2.05, 4.69) is 38.6 Å². The maximum absolute atomic E-state index is 12.6. The van der Waals surface area contributed by atoms with E-state index in [0.717, 1.165) is 11.3 Å². The van der Waals surface area contributed by atoms with Crippen molar-refractivity contribution in [1.29, 1.82) is 0 Å². The third-order valence-electron chi connectivity index (χ3n) is 4.72. The Balaban J connectivity index is 3.05. The lowest BCUT2D eigenvalue weighted by molar-refractivity contribution is 0.257. The van der Waals surface area contributed by atoms with Crippen LogP contribution in [-0.2, 0) is 15.4 Å². The highest BCUT2D eigenvalue weighted by atomic mass is 32.2. The zero-order chi connectivity index (χ0) is 19.5. The lowest BCUT2D eigenvalue weighted by Crippen LogP contribution is -2.44. The summed E-state index contributed by atoms with van der Waals surface area (Å²) < 4.78 is 27.3. The lowest BCUT2D eigenvalue weighted by atomic mass is 10.1. The molecule has 0 spiro atoms. The Bertz CT molecular complexity index is 591. The third-order valence-corrected chi connectivity index (χ3v) is 10.8. The molecule has 144 valence electrons. The second kappa shape index (κ2) is 8.33. The first-order chi connectivity index (χ1) is 11.3. The second-order valence-electron chi connectivity index (χ2n) is 8.90. The van der Waals surface area contributed by atoms with Gasteiger partial charge in [-0.15, -0.1) is 0 Å². The second-order valence-corrected chi connectivity index (χ2v) is 15.7. The minimum Gasteiger partial charge on any atom is -0.497 e. The molecule has 1 aromatic rings. The smallest absolute Gasteiger partial charge is 0.192 e. The Morgan fingerprint density at radius 2 is 1.76 bits per heavy atom. The predicted molar refractivity (Wildman–Crippen MR) is 110 cm³/mol. The fourth-order valence-corrected chi connectivity index (χ4v) is 3.70. The molecule has 0 aliphatic rings. The Morgan fingerprint density at radius 3 is 2.24 bits per heavy atom. The van der Waals surface area contributed by atoms with E-state index in [4.69, 9.17) is 9.16 Å². The molecular formula is C19H35NO3SSi. The number of rotatable bonds is 7. The Labute approximate surface area is 157 Å².